The van der Waals surface area contributed by atoms with Gasteiger partial charge in [-0.1, -0.05) is 12.1 Å². The van der Waals surface area contributed by atoms with Crippen LogP contribution >= 0.6 is 0 Å². The Morgan fingerprint density at radius 2 is 1.94 bits per heavy atom. The molecule has 0 aromatic heterocycles. The van der Waals surface area contributed by atoms with Gasteiger partial charge in [0.05, 0.1) is 4.92 Å². The number of hydrogen-bond donors (Lipinski definition) is 1. The molecule has 16 heavy (non-hydrogen) atoms. The smallest absolute Gasteiger partial charge is 0.269 e. The molecular weight excluding hydrogens is 216 g/mol. The lowest BCUT2D eigenvalue weighted by molar-refractivity contribution is -0.531. The van der Waals surface area contributed by atoms with Crippen molar-refractivity contribution in [2.75, 3.05) is 0 Å². The highest BCUT2D eigenvalue weighted by molar-refractivity contribution is 5.35. The minimum Gasteiger partial charge on any atom is -0.381 e. The fraction of sp³-hybridized carbons (Fsp3) is 0.333. The van der Waals surface area contributed by atoms with E-state index in [1.165, 1.54) is 25.1 Å². The van der Waals surface area contributed by atoms with E-state index in [9.17, 15) is 25.3 Å². The highest BCUT2D eigenvalue weighted by Crippen LogP contribution is 2.22. The first kappa shape index (κ1) is 12.1. The van der Waals surface area contributed by atoms with Crippen molar-refractivity contribution in [2.45, 2.75) is 19.1 Å². The second-order valence-corrected chi connectivity index (χ2v) is 3.32. The Hall–Kier alpha value is -2.02. The van der Waals surface area contributed by atoms with Crippen LogP contribution in [0, 0.1) is 20.2 Å². The van der Waals surface area contributed by atoms with Crippen LogP contribution in [0.4, 0.5) is 5.69 Å². The molecule has 0 saturated heterocycles. The molecule has 86 valence electrons. The predicted molar refractivity (Wildman–Crippen MR) is 54.5 cm³/mol. The van der Waals surface area contributed by atoms with Gasteiger partial charge < -0.3 is 5.11 Å². The van der Waals surface area contributed by atoms with E-state index >= 15 is 0 Å². The van der Waals surface area contributed by atoms with Crippen molar-refractivity contribution in [3.63, 3.8) is 0 Å². The summed E-state index contributed by atoms with van der Waals surface area (Å²) in [6.45, 7) is 1.24. The van der Waals surface area contributed by atoms with E-state index < -0.39 is 22.0 Å². The molecule has 0 saturated carbocycles. The third kappa shape index (κ3) is 2.51. The number of benzene rings is 1. The second kappa shape index (κ2) is 4.67. The van der Waals surface area contributed by atoms with Crippen LogP contribution < -0.4 is 0 Å². The molecule has 0 amide bonds. The van der Waals surface area contributed by atoms with Gasteiger partial charge in [0.1, 0.15) is 6.10 Å². The van der Waals surface area contributed by atoms with Gasteiger partial charge in [0.2, 0.25) is 6.04 Å². The van der Waals surface area contributed by atoms with Gasteiger partial charge in [0.15, 0.2) is 0 Å². The standard InChI is InChI=1S/C9H10N2O5/c1-6(10(13)14)9(12)7-3-2-4-8(5-7)11(15)16/h2-6,9,12H,1H3. The van der Waals surface area contributed by atoms with Crippen molar-refractivity contribution >= 4 is 5.69 Å². The van der Waals surface area contributed by atoms with Crippen molar-refractivity contribution in [1.29, 1.82) is 0 Å². The summed E-state index contributed by atoms with van der Waals surface area (Å²) in [6, 6.07) is 3.97. The summed E-state index contributed by atoms with van der Waals surface area (Å²) in [7, 11) is 0. The Balaban J connectivity index is 3.00. The van der Waals surface area contributed by atoms with E-state index in [0.29, 0.717) is 0 Å². The van der Waals surface area contributed by atoms with Gasteiger partial charge in [-0.15, -0.1) is 0 Å². The van der Waals surface area contributed by atoms with Crippen LogP contribution in [0.2, 0.25) is 0 Å². The van der Waals surface area contributed by atoms with Crippen molar-refractivity contribution in [3.8, 4) is 0 Å². The summed E-state index contributed by atoms with van der Waals surface area (Å²) >= 11 is 0. The molecule has 0 fully saturated rings. The normalized spacial score (nSPS) is 14.1. The van der Waals surface area contributed by atoms with Gasteiger partial charge in [0.25, 0.3) is 5.69 Å². The molecule has 0 spiro atoms. The molecule has 0 heterocycles. The second-order valence-electron chi connectivity index (χ2n) is 3.32. The van der Waals surface area contributed by atoms with E-state index in [2.05, 4.69) is 0 Å². The molecule has 1 rings (SSSR count). The number of hydrogen-bond acceptors (Lipinski definition) is 5. The zero-order chi connectivity index (χ0) is 12.3. The largest absolute Gasteiger partial charge is 0.381 e. The van der Waals surface area contributed by atoms with E-state index in [-0.39, 0.29) is 11.3 Å². The third-order valence-electron chi connectivity index (χ3n) is 2.21. The van der Waals surface area contributed by atoms with Crippen LogP contribution in [0.1, 0.15) is 18.6 Å². The molecule has 7 heteroatoms. The summed E-state index contributed by atoms with van der Waals surface area (Å²) in [5, 5.41) is 30.5. The summed E-state index contributed by atoms with van der Waals surface area (Å²) in [5.74, 6) is 0. The fourth-order valence-corrected chi connectivity index (χ4v) is 1.22. The summed E-state index contributed by atoms with van der Waals surface area (Å²) in [4.78, 5) is 19.7. The molecule has 0 radical (unpaired) electrons. The SMILES string of the molecule is CC(C(O)c1cccc([N+](=O)[O-])c1)[N+](=O)[O-]. The number of rotatable bonds is 4. The zero-order valence-corrected chi connectivity index (χ0v) is 8.44. The molecule has 0 aliphatic heterocycles. The first-order valence-electron chi connectivity index (χ1n) is 4.49. The molecule has 0 aliphatic rings. The van der Waals surface area contributed by atoms with Crippen LogP contribution in [0.3, 0.4) is 0 Å². The minimum absolute atomic E-state index is 0.165. The van der Waals surface area contributed by atoms with Crippen LogP contribution in [0.25, 0.3) is 0 Å². The van der Waals surface area contributed by atoms with Crippen molar-refractivity contribution < 1.29 is 15.0 Å². The number of non-ortho nitro benzene ring substituents is 1. The Morgan fingerprint density at radius 3 is 2.44 bits per heavy atom. The molecule has 2 unspecified atom stereocenters. The lowest BCUT2D eigenvalue weighted by Crippen LogP contribution is -2.23. The van der Waals surface area contributed by atoms with Gasteiger partial charge in [-0.05, 0) is 5.56 Å². The van der Waals surface area contributed by atoms with Crippen molar-refractivity contribution in [3.05, 3.63) is 50.1 Å². The van der Waals surface area contributed by atoms with E-state index in [1.54, 1.807) is 0 Å². The topological polar surface area (TPSA) is 107 Å². The highest BCUT2D eigenvalue weighted by atomic mass is 16.6. The Labute approximate surface area is 90.6 Å². The molecule has 0 aliphatic carbocycles. The first-order valence-corrected chi connectivity index (χ1v) is 4.49. The maximum Gasteiger partial charge on any atom is 0.269 e. The molecule has 7 nitrogen and oxygen atoms in total. The maximum absolute atomic E-state index is 10.5. The lowest BCUT2D eigenvalue weighted by Gasteiger charge is -2.11. The summed E-state index contributed by atoms with van der Waals surface area (Å²) < 4.78 is 0. The monoisotopic (exact) mass is 226 g/mol. The molecule has 1 N–H and O–H groups in total. The summed E-state index contributed by atoms with van der Waals surface area (Å²) in [6.07, 6.45) is -1.35. The first-order chi connectivity index (χ1) is 7.43. The van der Waals surface area contributed by atoms with E-state index in [1.807, 2.05) is 0 Å². The van der Waals surface area contributed by atoms with Gasteiger partial charge in [-0.2, -0.15) is 0 Å². The predicted octanol–water partition coefficient (Wildman–Crippen LogP) is 1.29. The van der Waals surface area contributed by atoms with E-state index in [0.717, 1.165) is 6.07 Å². The minimum atomic E-state index is -1.35. The Bertz CT molecular complexity index is 420. The summed E-state index contributed by atoms with van der Waals surface area (Å²) in [5.41, 5.74) is -0.0366. The highest BCUT2D eigenvalue weighted by Gasteiger charge is 2.26. The lowest BCUT2D eigenvalue weighted by atomic mass is 10.0. The maximum atomic E-state index is 10.5. The van der Waals surface area contributed by atoms with Crippen LogP contribution in [0.5, 0.6) is 0 Å². The third-order valence-corrected chi connectivity index (χ3v) is 2.21. The quantitative estimate of drug-likeness (QED) is 0.614. The van der Waals surface area contributed by atoms with Gasteiger partial charge in [0, 0.05) is 24.0 Å². The van der Waals surface area contributed by atoms with Crippen LogP contribution in [0.15, 0.2) is 24.3 Å². The van der Waals surface area contributed by atoms with Crippen molar-refractivity contribution in [2.24, 2.45) is 0 Å². The molecule has 1 aromatic rings. The number of nitro groups is 2. The van der Waals surface area contributed by atoms with E-state index in [4.69, 9.17) is 0 Å². The molecule has 2 atom stereocenters. The van der Waals surface area contributed by atoms with Gasteiger partial charge >= 0.3 is 0 Å². The number of nitro benzene ring substituents is 1. The average Bonchev–Trinajstić information content (AvgIpc) is 2.27. The molecule has 0 bridgehead atoms. The molecular formula is C9H10N2O5. The van der Waals surface area contributed by atoms with Gasteiger partial charge in [-0.25, -0.2) is 0 Å². The fourth-order valence-electron chi connectivity index (χ4n) is 1.22. The number of aliphatic hydroxyl groups excluding tert-OH is 1. The zero-order valence-electron chi connectivity index (χ0n) is 8.44. The van der Waals surface area contributed by atoms with Crippen molar-refractivity contribution in [1.82, 2.24) is 0 Å². The Kier molecular flexibility index (Phi) is 3.51. The van der Waals surface area contributed by atoms with Crippen LogP contribution in [-0.4, -0.2) is 21.0 Å². The molecule has 1 aromatic carbocycles. The van der Waals surface area contributed by atoms with Gasteiger partial charge in [-0.3, -0.25) is 20.2 Å². The Morgan fingerprint density at radius 1 is 1.31 bits per heavy atom. The van der Waals surface area contributed by atoms with Crippen LogP contribution in [-0.2, 0) is 0 Å². The number of aliphatic hydroxyl groups is 1. The number of nitrogens with zero attached hydrogens (tertiary/aromatic N) is 2. The average molecular weight is 226 g/mol.